The Bertz CT molecular complexity index is 913. The number of piperidine rings is 1. The molecule has 4 rings (SSSR count). The largest absolute Gasteiger partial charge is 0.435 e. The van der Waals surface area contributed by atoms with Crippen molar-refractivity contribution in [2.75, 3.05) is 13.1 Å². The highest BCUT2D eigenvalue weighted by Crippen LogP contribution is 2.27. The van der Waals surface area contributed by atoms with Crippen LogP contribution in [0.2, 0.25) is 0 Å². The zero-order chi connectivity index (χ0) is 17.4. The van der Waals surface area contributed by atoms with E-state index >= 15 is 0 Å². The van der Waals surface area contributed by atoms with Crippen molar-refractivity contribution < 1.29 is 9.21 Å². The van der Waals surface area contributed by atoms with Gasteiger partial charge in [0.1, 0.15) is 5.82 Å². The monoisotopic (exact) mass is 339 g/mol. The van der Waals surface area contributed by atoms with E-state index in [0.29, 0.717) is 30.3 Å². The lowest BCUT2D eigenvalue weighted by Crippen LogP contribution is -2.39. The Hall–Kier alpha value is -2.70. The number of likely N-dealkylation sites (tertiary alicyclic amines) is 1. The van der Waals surface area contributed by atoms with E-state index in [2.05, 4.69) is 15.2 Å². The number of oxazole rings is 1. The summed E-state index contributed by atoms with van der Waals surface area (Å²) in [5, 5.41) is 8.59. The van der Waals surface area contributed by atoms with Crippen molar-refractivity contribution in [3.05, 3.63) is 47.6 Å². The Morgan fingerprint density at radius 2 is 2.24 bits per heavy atom. The quantitative estimate of drug-likeness (QED) is 0.733. The summed E-state index contributed by atoms with van der Waals surface area (Å²) < 4.78 is 7.65. The van der Waals surface area contributed by atoms with Crippen LogP contribution in [0, 0.1) is 6.92 Å². The molecule has 4 heterocycles. The summed E-state index contributed by atoms with van der Waals surface area (Å²) in [5.41, 5.74) is 1.50. The number of hydrogen-bond acceptors (Lipinski definition) is 5. The Labute approximate surface area is 145 Å². The molecule has 25 heavy (non-hydrogen) atoms. The first-order valence-corrected chi connectivity index (χ1v) is 8.72. The van der Waals surface area contributed by atoms with Crippen molar-refractivity contribution in [3.8, 4) is 0 Å². The summed E-state index contributed by atoms with van der Waals surface area (Å²) in [6.07, 6.45) is 4.59. The van der Waals surface area contributed by atoms with E-state index in [1.165, 1.54) is 0 Å². The van der Waals surface area contributed by atoms with Crippen molar-refractivity contribution in [2.24, 2.45) is 0 Å². The summed E-state index contributed by atoms with van der Waals surface area (Å²) >= 11 is 0. The average molecular weight is 339 g/mol. The summed E-state index contributed by atoms with van der Waals surface area (Å²) in [6, 6.07) is 5.85. The van der Waals surface area contributed by atoms with Gasteiger partial charge in [0.25, 0.3) is 5.91 Å². The molecule has 1 saturated heterocycles. The normalized spacial score (nSPS) is 18.0. The second-order valence-corrected chi connectivity index (χ2v) is 6.45. The van der Waals surface area contributed by atoms with Gasteiger partial charge in [-0.1, -0.05) is 13.0 Å². The van der Waals surface area contributed by atoms with Gasteiger partial charge in [-0.25, -0.2) is 4.98 Å². The van der Waals surface area contributed by atoms with Crippen molar-refractivity contribution in [1.29, 1.82) is 0 Å². The number of pyridine rings is 1. The van der Waals surface area contributed by atoms with E-state index < -0.39 is 0 Å². The molecule has 1 aliphatic heterocycles. The van der Waals surface area contributed by atoms with Crippen molar-refractivity contribution in [3.63, 3.8) is 0 Å². The van der Waals surface area contributed by atoms with Gasteiger partial charge in [0.05, 0.1) is 5.69 Å². The number of aryl methyl sites for hydroxylation is 2. The third-order valence-corrected chi connectivity index (χ3v) is 4.75. The molecule has 1 amide bonds. The molecule has 130 valence electrons. The summed E-state index contributed by atoms with van der Waals surface area (Å²) in [4.78, 5) is 19.0. The first kappa shape index (κ1) is 15.8. The van der Waals surface area contributed by atoms with Crippen LogP contribution in [0.3, 0.4) is 0 Å². The van der Waals surface area contributed by atoms with E-state index in [1.54, 1.807) is 0 Å². The maximum absolute atomic E-state index is 12.9. The highest BCUT2D eigenvalue weighted by Gasteiger charge is 2.30. The maximum Gasteiger partial charge on any atom is 0.291 e. The Balaban J connectivity index is 1.58. The van der Waals surface area contributed by atoms with E-state index in [1.807, 2.05) is 47.5 Å². The number of carbonyl (C=O) groups is 1. The van der Waals surface area contributed by atoms with Gasteiger partial charge in [-0.2, -0.15) is 0 Å². The highest BCUT2D eigenvalue weighted by molar-refractivity contribution is 5.92. The van der Waals surface area contributed by atoms with Gasteiger partial charge in [0.2, 0.25) is 5.76 Å². The molecule has 0 radical (unpaired) electrons. The van der Waals surface area contributed by atoms with Crippen LogP contribution in [0.1, 0.15) is 53.6 Å². The minimum atomic E-state index is -0.0804. The Morgan fingerprint density at radius 1 is 1.36 bits per heavy atom. The molecule has 0 spiro atoms. The van der Waals surface area contributed by atoms with Gasteiger partial charge in [-0.05, 0) is 31.9 Å². The number of rotatable bonds is 3. The first-order chi connectivity index (χ1) is 12.2. The van der Waals surface area contributed by atoms with E-state index in [-0.39, 0.29) is 11.8 Å². The lowest BCUT2D eigenvalue weighted by atomic mass is 9.97. The van der Waals surface area contributed by atoms with E-state index in [9.17, 15) is 4.79 Å². The molecular weight excluding hydrogens is 318 g/mol. The van der Waals surface area contributed by atoms with Crippen LogP contribution in [0.25, 0.3) is 5.65 Å². The zero-order valence-corrected chi connectivity index (χ0v) is 14.5. The summed E-state index contributed by atoms with van der Waals surface area (Å²) in [6.45, 7) is 5.14. The minimum Gasteiger partial charge on any atom is -0.435 e. The number of hydrogen-bond donors (Lipinski definition) is 0. The average Bonchev–Trinajstić information content (AvgIpc) is 3.24. The van der Waals surface area contributed by atoms with Crippen molar-refractivity contribution in [2.45, 2.75) is 39.0 Å². The predicted octanol–water partition coefficient (Wildman–Crippen LogP) is 2.61. The van der Waals surface area contributed by atoms with E-state index in [4.69, 9.17) is 4.42 Å². The Kier molecular flexibility index (Phi) is 3.99. The van der Waals surface area contributed by atoms with Gasteiger partial charge >= 0.3 is 0 Å². The number of fused-ring (bicyclic) bond motifs is 1. The molecule has 1 aliphatic rings. The lowest BCUT2D eigenvalue weighted by molar-refractivity contribution is 0.0669. The molecule has 1 atom stereocenters. The smallest absolute Gasteiger partial charge is 0.291 e. The number of carbonyl (C=O) groups excluding carboxylic acids is 1. The molecule has 7 heteroatoms. The predicted molar refractivity (Wildman–Crippen MR) is 91.5 cm³/mol. The standard InChI is InChI=1S/C18H21N5O2/c1-3-15-19-12(2)16(25-15)18(24)22-9-6-7-13(11-22)17-21-20-14-8-4-5-10-23(14)17/h4-5,8,10,13H,3,6-7,9,11H2,1-2H3/t13-/m0/s1. The molecule has 0 aromatic carbocycles. The van der Waals surface area contributed by atoms with Crippen LogP contribution >= 0.6 is 0 Å². The SMILES string of the molecule is CCc1nc(C)c(C(=O)N2CCC[C@H](c3nnc4ccccn34)C2)o1. The molecule has 0 aliphatic carbocycles. The van der Waals surface area contributed by atoms with Gasteiger partial charge < -0.3 is 9.32 Å². The number of aromatic nitrogens is 4. The second kappa shape index (κ2) is 6.31. The van der Waals surface area contributed by atoms with Gasteiger partial charge in [-0.15, -0.1) is 10.2 Å². The van der Waals surface area contributed by atoms with Gasteiger partial charge in [0, 0.05) is 31.6 Å². The number of nitrogens with zero attached hydrogens (tertiary/aromatic N) is 5. The van der Waals surface area contributed by atoms with Crippen LogP contribution in [0.4, 0.5) is 0 Å². The van der Waals surface area contributed by atoms with Crippen molar-refractivity contribution >= 4 is 11.6 Å². The topological polar surface area (TPSA) is 76.5 Å². The Morgan fingerprint density at radius 3 is 3.04 bits per heavy atom. The van der Waals surface area contributed by atoms with Crippen LogP contribution in [-0.4, -0.2) is 43.5 Å². The fraction of sp³-hybridized carbons (Fsp3) is 0.444. The van der Waals surface area contributed by atoms with Crippen LogP contribution < -0.4 is 0 Å². The first-order valence-electron chi connectivity index (χ1n) is 8.72. The minimum absolute atomic E-state index is 0.0804. The summed E-state index contributed by atoms with van der Waals surface area (Å²) in [5.74, 6) is 1.98. The molecule has 1 fully saturated rings. The van der Waals surface area contributed by atoms with Crippen LogP contribution in [0.5, 0.6) is 0 Å². The number of amides is 1. The fourth-order valence-electron chi connectivity index (χ4n) is 3.46. The fourth-order valence-corrected chi connectivity index (χ4v) is 3.46. The zero-order valence-electron chi connectivity index (χ0n) is 14.5. The lowest BCUT2D eigenvalue weighted by Gasteiger charge is -2.31. The van der Waals surface area contributed by atoms with Crippen molar-refractivity contribution in [1.82, 2.24) is 24.5 Å². The third kappa shape index (κ3) is 2.79. The molecule has 0 unspecified atom stereocenters. The highest BCUT2D eigenvalue weighted by atomic mass is 16.4. The molecule has 0 N–H and O–H groups in total. The van der Waals surface area contributed by atoms with Crippen LogP contribution in [0.15, 0.2) is 28.8 Å². The van der Waals surface area contributed by atoms with Gasteiger partial charge in [0.15, 0.2) is 11.5 Å². The second-order valence-electron chi connectivity index (χ2n) is 6.45. The van der Waals surface area contributed by atoms with E-state index in [0.717, 1.165) is 30.9 Å². The molecule has 3 aromatic heterocycles. The maximum atomic E-state index is 12.9. The molecule has 0 bridgehead atoms. The molecule has 7 nitrogen and oxygen atoms in total. The van der Waals surface area contributed by atoms with Crippen LogP contribution in [-0.2, 0) is 6.42 Å². The molecule has 3 aromatic rings. The van der Waals surface area contributed by atoms with Gasteiger partial charge in [-0.3, -0.25) is 9.20 Å². The third-order valence-electron chi connectivity index (χ3n) is 4.75. The summed E-state index contributed by atoms with van der Waals surface area (Å²) in [7, 11) is 0. The molecule has 0 saturated carbocycles. The molecular formula is C18H21N5O2.